The average Bonchev–Trinajstić information content (AvgIpc) is 2.60. The highest BCUT2D eigenvalue weighted by atomic mass is 35.5. The van der Waals surface area contributed by atoms with Crippen LogP contribution in [-0.4, -0.2) is 11.7 Å². The van der Waals surface area contributed by atoms with E-state index in [0.717, 1.165) is 5.57 Å². The van der Waals surface area contributed by atoms with Crippen LogP contribution in [0.3, 0.4) is 0 Å². The summed E-state index contributed by atoms with van der Waals surface area (Å²) < 4.78 is 14.1. The fourth-order valence-electron chi connectivity index (χ4n) is 2.54. The number of carbonyl (C=O) groups excluding carboxylic acids is 2. The summed E-state index contributed by atoms with van der Waals surface area (Å²) in [5, 5.41) is 2.66. The van der Waals surface area contributed by atoms with Gasteiger partial charge in [-0.1, -0.05) is 51.1 Å². The highest BCUT2D eigenvalue weighted by Crippen LogP contribution is 2.26. The van der Waals surface area contributed by atoms with E-state index in [4.69, 9.17) is 11.6 Å². The fraction of sp³-hybridized carbons (Fsp3) is 0.333. The molecule has 0 saturated heterocycles. The molecule has 1 amide bonds. The summed E-state index contributed by atoms with van der Waals surface area (Å²) in [4.78, 5) is 25.4. The zero-order valence-corrected chi connectivity index (χ0v) is 16.6. The van der Waals surface area contributed by atoms with E-state index in [2.05, 4.69) is 11.9 Å². The Kier molecular flexibility index (Phi) is 7.97. The van der Waals surface area contributed by atoms with Gasteiger partial charge in [0.05, 0.1) is 16.3 Å². The minimum absolute atomic E-state index is 0.0457. The number of benzene rings is 1. The van der Waals surface area contributed by atoms with Gasteiger partial charge in [0.1, 0.15) is 5.82 Å². The summed E-state index contributed by atoms with van der Waals surface area (Å²) in [6.07, 6.45) is 3.83. The van der Waals surface area contributed by atoms with Gasteiger partial charge in [-0.25, -0.2) is 4.39 Å². The van der Waals surface area contributed by atoms with Crippen molar-refractivity contribution in [2.75, 3.05) is 0 Å². The number of carbonyl (C=O) groups is 2. The number of hydrogen-bond acceptors (Lipinski definition) is 2. The highest BCUT2D eigenvalue weighted by molar-refractivity contribution is 6.34. The number of nitrogens with one attached hydrogen (secondary N) is 1. The molecule has 0 aliphatic rings. The van der Waals surface area contributed by atoms with Crippen molar-refractivity contribution in [3.8, 4) is 0 Å². The van der Waals surface area contributed by atoms with Gasteiger partial charge in [-0.15, -0.1) is 0 Å². The lowest BCUT2D eigenvalue weighted by Crippen LogP contribution is -2.27. The molecule has 0 atom stereocenters. The van der Waals surface area contributed by atoms with Crippen molar-refractivity contribution in [2.45, 2.75) is 41.0 Å². The summed E-state index contributed by atoms with van der Waals surface area (Å²) in [5.41, 5.74) is 1.76. The van der Waals surface area contributed by atoms with E-state index >= 15 is 0 Å². The molecule has 3 nitrogen and oxygen atoms in total. The third kappa shape index (κ3) is 4.70. The molecule has 0 aliphatic heterocycles. The molecule has 0 bridgehead atoms. The minimum Gasteiger partial charge on any atom is -0.321 e. The molecule has 0 aliphatic carbocycles. The van der Waals surface area contributed by atoms with Crippen LogP contribution in [0.1, 0.15) is 50.0 Å². The van der Waals surface area contributed by atoms with E-state index < -0.39 is 11.7 Å². The second-order valence-corrected chi connectivity index (χ2v) is 6.56. The number of halogens is 2. The normalized spacial score (nSPS) is 12.7. The van der Waals surface area contributed by atoms with Crippen molar-refractivity contribution in [1.29, 1.82) is 0 Å². The molecule has 26 heavy (non-hydrogen) atoms. The van der Waals surface area contributed by atoms with Crippen LogP contribution in [0.15, 0.2) is 47.7 Å². The van der Waals surface area contributed by atoms with Crippen molar-refractivity contribution in [3.05, 3.63) is 69.7 Å². The Balaban J connectivity index is 3.50. The third-order valence-electron chi connectivity index (χ3n) is 4.05. The molecule has 0 radical (unpaired) electrons. The van der Waals surface area contributed by atoms with E-state index in [-0.39, 0.29) is 28.0 Å². The average molecular weight is 378 g/mol. The molecule has 0 fully saturated rings. The molecule has 140 valence electrons. The molecule has 0 unspecified atom stereocenters. The second-order valence-electron chi connectivity index (χ2n) is 6.19. The first-order valence-electron chi connectivity index (χ1n) is 8.51. The first-order chi connectivity index (χ1) is 12.2. The number of hydrogen-bond donors (Lipinski definition) is 1. The Morgan fingerprint density at radius 1 is 1.35 bits per heavy atom. The molecule has 1 aromatic rings. The maximum Gasteiger partial charge on any atom is 0.260 e. The zero-order valence-electron chi connectivity index (χ0n) is 15.9. The van der Waals surface area contributed by atoms with Crippen LogP contribution >= 0.6 is 11.6 Å². The predicted octanol–water partition coefficient (Wildman–Crippen LogP) is 5.54. The monoisotopic (exact) mass is 377 g/mol. The summed E-state index contributed by atoms with van der Waals surface area (Å²) in [6, 6.07) is 2.69. The standard InChI is InChI=1S/C21H25ClFNO2/c1-7-14(8-2)17(20(25)12(4)5)16(9-3)24-21(26)18-15(23)11-10-13(6)19(18)22/h7,9-12H,3,8H2,1-2,4-6H3,(H,24,26)/b14-7-,17-16-. The lowest BCUT2D eigenvalue weighted by atomic mass is 9.91. The van der Waals surface area contributed by atoms with Gasteiger partial charge in [-0.2, -0.15) is 0 Å². The summed E-state index contributed by atoms with van der Waals surface area (Å²) in [5.74, 6) is -1.82. The predicted molar refractivity (Wildman–Crippen MR) is 105 cm³/mol. The zero-order chi connectivity index (χ0) is 20.0. The first kappa shape index (κ1) is 21.8. The Hall–Kier alpha value is -2.20. The molecule has 0 saturated carbocycles. The van der Waals surface area contributed by atoms with Crippen LogP contribution in [0.25, 0.3) is 0 Å². The smallest absolute Gasteiger partial charge is 0.260 e. The number of amides is 1. The van der Waals surface area contributed by atoms with Crippen molar-refractivity contribution in [3.63, 3.8) is 0 Å². The van der Waals surface area contributed by atoms with Gasteiger partial charge in [0.25, 0.3) is 5.91 Å². The second kappa shape index (κ2) is 9.48. The molecular formula is C21H25ClFNO2. The molecule has 5 heteroatoms. The van der Waals surface area contributed by atoms with Gasteiger partial charge in [0, 0.05) is 11.5 Å². The van der Waals surface area contributed by atoms with E-state index in [1.807, 2.05) is 19.9 Å². The van der Waals surface area contributed by atoms with Gasteiger partial charge >= 0.3 is 0 Å². The van der Waals surface area contributed by atoms with Crippen LogP contribution in [0.4, 0.5) is 4.39 Å². The quantitative estimate of drug-likeness (QED) is 0.501. The molecule has 0 heterocycles. The van der Waals surface area contributed by atoms with Crippen LogP contribution in [0.2, 0.25) is 5.02 Å². The lowest BCUT2D eigenvalue weighted by Gasteiger charge is -2.18. The Morgan fingerprint density at radius 2 is 1.96 bits per heavy atom. The summed E-state index contributed by atoms with van der Waals surface area (Å²) >= 11 is 6.11. The molecule has 1 rings (SSSR count). The maximum absolute atomic E-state index is 14.1. The number of aryl methyl sites for hydroxylation is 1. The van der Waals surface area contributed by atoms with Crippen molar-refractivity contribution in [2.24, 2.45) is 5.92 Å². The van der Waals surface area contributed by atoms with Gasteiger partial charge in [0.2, 0.25) is 0 Å². The fourth-order valence-corrected chi connectivity index (χ4v) is 2.78. The van der Waals surface area contributed by atoms with Gasteiger partial charge in [0.15, 0.2) is 5.78 Å². The molecule has 1 aromatic carbocycles. The Morgan fingerprint density at radius 3 is 2.42 bits per heavy atom. The van der Waals surface area contributed by atoms with E-state index in [0.29, 0.717) is 17.6 Å². The van der Waals surface area contributed by atoms with Crippen LogP contribution in [-0.2, 0) is 4.79 Å². The van der Waals surface area contributed by atoms with Crippen molar-refractivity contribution >= 4 is 23.3 Å². The number of Topliss-reactive ketones (excluding diaryl/α,β-unsaturated/α-hetero) is 1. The minimum atomic E-state index is -0.722. The van der Waals surface area contributed by atoms with Gasteiger partial charge in [-0.05, 0) is 43.5 Å². The molecular weight excluding hydrogens is 353 g/mol. The number of ketones is 1. The van der Waals surface area contributed by atoms with Gasteiger partial charge < -0.3 is 5.32 Å². The molecule has 1 N–H and O–H groups in total. The topological polar surface area (TPSA) is 46.2 Å². The van der Waals surface area contributed by atoms with E-state index in [9.17, 15) is 14.0 Å². The van der Waals surface area contributed by atoms with Crippen molar-refractivity contribution in [1.82, 2.24) is 5.32 Å². The first-order valence-corrected chi connectivity index (χ1v) is 8.89. The van der Waals surface area contributed by atoms with Crippen molar-refractivity contribution < 1.29 is 14.0 Å². The Bertz CT molecular complexity index is 791. The van der Waals surface area contributed by atoms with Crippen LogP contribution < -0.4 is 5.32 Å². The third-order valence-corrected chi connectivity index (χ3v) is 4.54. The molecule has 0 aromatic heterocycles. The highest BCUT2D eigenvalue weighted by Gasteiger charge is 2.23. The summed E-state index contributed by atoms with van der Waals surface area (Å²) in [7, 11) is 0. The lowest BCUT2D eigenvalue weighted by molar-refractivity contribution is -0.118. The van der Waals surface area contributed by atoms with E-state index in [1.54, 1.807) is 20.8 Å². The maximum atomic E-state index is 14.1. The van der Waals surface area contributed by atoms with E-state index in [1.165, 1.54) is 18.2 Å². The largest absolute Gasteiger partial charge is 0.321 e. The van der Waals surface area contributed by atoms with Crippen LogP contribution in [0, 0.1) is 18.7 Å². The summed E-state index contributed by atoms with van der Waals surface area (Å²) in [6.45, 7) is 12.7. The number of rotatable bonds is 7. The van der Waals surface area contributed by atoms with Crippen LogP contribution in [0.5, 0.6) is 0 Å². The Labute approximate surface area is 159 Å². The molecule has 0 spiro atoms. The SMILES string of the molecule is C=C/C(NC(=O)c1c(F)ccc(C)c1Cl)=C(C(=O)C(C)C)\C(=C/C)CC. The van der Waals surface area contributed by atoms with Gasteiger partial charge in [-0.3, -0.25) is 9.59 Å². The number of allylic oxidation sites excluding steroid dienone is 4.